The summed E-state index contributed by atoms with van der Waals surface area (Å²) in [6, 6.07) is 0. The van der Waals surface area contributed by atoms with Crippen molar-refractivity contribution in [3.05, 3.63) is 48.6 Å². The highest BCUT2D eigenvalue weighted by Gasteiger charge is 2.15. The van der Waals surface area contributed by atoms with Crippen LogP contribution in [0.1, 0.15) is 362 Å². The summed E-state index contributed by atoms with van der Waals surface area (Å²) in [6.45, 7) is 8.54. The Balaban J connectivity index is 4.05. The molecule has 0 spiro atoms. The van der Waals surface area contributed by atoms with Gasteiger partial charge in [-0.2, -0.15) is 0 Å². The summed E-state index contributed by atoms with van der Waals surface area (Å²) < 4.78 is 22.3. The lowest BCUT2D eigenvalue weighted by atomic mass is 10.1. The van der Waals surface area contributed by atoms with Crippen LogP contribution >= 0.6 is 0 Å². The second kappa shape index (κ2) is 64.8. The number of carbonyl (C=O) groups is 4. The van der Waals surface area contributed by atoms with Crippen LogP contribution in [0.3, 0.4) is 0 Å². The first-order chi connectivity index (χ1) is 40.6. The van der Waals surface area contributed by atoms with E-state index in [9.17, 15) is 29.4 Å². The number of allylic oxidation sites excluding steroid dienone is 4. The Hall–Kier alpha value is -3.24. The van der Waals surface area contributed by atoms with Crippen molar-refractivity contribution in [1.82, 2.24) is 0 Å². The molecule has 0 rings (SSSR count). The Bertz CT molecular complexity index is 1440. The summed E-state index contributed by atoms with van der Waals surface area (Å²) in [5.41, 5.74) is 0. The predicted molar refractivity (Wildman–Crippen MR) is 348 cm³/mol. The Morgan fingerprint density at radius 3 is 0.855 bits per heavy atom. The first-order valence-electron chi connectivity index (χ1n) is 35.3. The first kappa shape index (κ1) is 79.8. The van der Waals surface area contributed by atoms with Crippen LogP contribution in [-0.4, -0.2) is 65.3 Å². The van der Waals surface area contributed by atoms with Crippen LogP contribution in [0, 0.1) is 0 Å². The van der Waals surface area contributed by atoms with Crippen LogP contribution in [0.25, 0.3) is 0 Å². The van der Waals surface area contributed by atoms with E-state index in [2.05, 4.69) is 76.3 Å². The third kappa shape index (κ3) is 61.7. The first-order valence-corrected chi connectivity index (χ1v) is 35.3. The van der Waals surface area contributed by atoms with Gasteiger partial charge >= 0.3 is 23.9 Å². The van der Waals surface area contributed by atoms with E-state index in [-0.39, 0.29) is 55.1 Å². The molecule has 4 atom stereocenters. The van der Waals surface area contributed by atoms with Crippen LogP contribution in [-0.2, 0) is 38.1 Å². The second-order valence-electron chi connectivity index (χ2n) is 24.1. The van der Waals surface area contributed by atoms with Crippen molar-refractivity contribution in [3.8, 4) is 0 Å². The van der Waals surface area contributed by atoms with Gasteiger partial charge in [-0.15, -0.1) is 0 Å². The summed E-state index contributed by atoms with van der Waals surface area (Å²) in [7, 11) is 0. The van der Waals surface area contributed by atoms with Crippen molar-refractivity contribution >= 4 is 23.9 Å². The lowest BCUT2D eigenvalue weighted by molar-refractivity contribution is -0.167. The molecule has 0 amide bonds. The molecule has 0 heterocycles. The maximum absolute atomic E-state index is 12.7. The van der Waals surface area contributed by atoms with Crippen LogP contribution in [0.5, 0.6) is 0 Å². The number of aliphatic hydroxyl groups is 2. The van der Waals surface area contributed by atoms with E-state index in [1.165, 1.54) is 89.9 Å². The maximum Gasteiger partial charge on any atom is 0.308 e. The van der Waals surface area contributed by atoms with Gasteiger partial charge in [0.15, 0.2) is 0 Å². The van der Waals surface area contributed by atoms with Gasteiger partial charge in [0.2, 0.25) is 6.79 Å². The monoisotopic (exact) mass is 1170 g/mol. The van der Waals surface area contributed by atoms with Crippen LogP contribution in [0.15, 0.2) is 48.6 Å². The van der Waals surface area contributed by atoms with E-state index in [1.807, 2.05) is 0 Å². The molecular weight excluding hydrogens is 1040 g/mol. The number of esters is 4. The molecule has 2 N–H and O–H groups in total. The van der Waals surface area contributed by atoms with Crippen molar-refractivity contribution in [1.29, 1.82) is 0 Å². The van der Waals surface area contributed by atoms with Crippen LogP contribution in [0.2, 0.25) is 0 Å². The Labute approximate surface area is 511 Å². The summed E-state index contributed by atoms with van der Waals surface area (Å²) in [4.78, 5) is 49.9. The molecular formula is C73H132O10. The molecule has 484 valence electrons. The van der Waals surface area contributed by atoms with Crippen molar-refractivity contribution in [2.75, 3.05) is 6.79 Å². The van der Waals surface area contributed by atoms with E-state index < -0.39 is 0 Å². The minimum absolute atomic E-state index is 0.0450. The van der Waals surface area contributed by atoms with E-state index in [4.69, 9.17) is 18.9 Å². The normalized spacial score (nSPS) is 13.4. The molecule has 0 fully saturated rings. The van der Waals surface area contributed by atoms with E-state index in [0.717, 1.165) is 218 Å². The minimum atomic E-state index is -0.326. The average molecular weight is 1170 g/mol. The molecule has 4 unspecified atom stereocenters. The van der Waals surface area contributed by atoms with Crippen molar-refractivity contribution in [3.63, 3.8) is 0 Å². The second-order valence-corrected chi connectivity index (χ2v) is 24.1. The number of rotatable bonds is 64. The standard InChI is InChI=1S/C73H132O10/c1-5-9-13-41-53-66(74)55-43-33-25-17-21-31-39-51-63-72(78)82-68(57-45-15-11-7-3)59-47-35-27-19-23-29-37-49-61-70(76)80-65-81-71(77)62-50-38-30-24-20-28-36-48-60-69(58-46-16-12-8-4)83-73(79)64-52-40-32-22-18-26-34-44-56-67(75)54-42-14-10-6-2/h33-36,43-44,47-48,66-69,74-75H,5-32,37-42,45-46,49-65H2,1-4H3/b43-33-,44-34+,47-35-,48-36-. The average Bonchev–Trinajstić information content (AvgIpc) is 3.47. The number of unbranched alkanes of at least 4 members (excludes halogenated alkanes) is 32. The van der Waals surface area contributed by atoms with Gasteiger partial charge in [0.1, 0.15) is 12.2 Å². The zero-order valence-corrected chi connectivity index (χ0v) is 54.6. The van der Waals surface area contributed by atoms with Gasteiger partial charge in [-0.25, -0.2) is 0 Å². The molecule has 0 aliphatic heterocycles. The van der Waals surface area contributed by atoms with Gasteiger partial charge in [-0.3, -0.25) is 19.2 Å². The molecule has 0 saturated heterocycles. The molecule has 0 aromatic carbocycles. The largest absolute Gasteiger partial charge is 0.462 e. The summed E-state index contributed by atoms with van der Waals surface area (Å²) in [5, 5.41) is 20.2. The fourth-order valence-corrected chi connectivity index (χ4v) is 10.4. The third-order valence-electron chi connectivity index (χ3n) is 15.9. The molecule has 83 heavy (non-hydrogen) atoms. The molecule has 0 radical (unpaired) electrons. The lowest BCUT2D eigenvalue weighted by Gasteiger charge is -2.16. The quantitative estimate of drug-likeness (QED) is 0.0198. The molecule has 10 heteroatoms. The maximum atomic E-state index is 12.7. The summed E-state index contributed by atoms with van der Waals surface area (Å²) >= 11 is 0. The third-order valence-corrected chi connectivity index (χ3v) is 15.9. The molecule has 0 aliphatic carbocycles. The van der Waals surface area contributed by atoms with Gasteiger partial charge in [-0.05, 0) is 128 Å². The zero-order chi connectivity index (χ0) is 60.6. The van der Waals surface area contributed by atoms with Gasteiger partial charge in [0, 0.05) is 38.5 Å². The zero-order valence-electron chi connectivity index (χ0n) is 54.6. The molecule has 0 saturated carbocycles. The molecule has 0 aliphatic rings. The van der Waals surface area contributed by atoms with Gasteiger partial charge in [-0.1, -0.05) is 243 Å². The smallest absolute Gasteiger partial charge is 0.308 e. The Morgan fingerprint density at radius 2 is 0.542 bits per heavy atom. The molecule has 0 bridgehead atoms. The fraction of sp³-hybridized carbons (Fsp3) is 0.836. The minimum Gasteiger partial charge on any atom is -0.462 e. The van der Waals surface area contributed by atoms with Gasteiger partial charge < -0.3 is 29.2 Å². The molecule has 10 nitrogen and oxygen atoms in total. The van der Waals surface area contributed by atoms with E-state index in [1.54, 1.807) is 0 Å². The number of hydrogen-bond donors (Lipinski definition) is 2. The fourth-order valence-electron chi connectivity index (χ4n) is 10.4. The van der Waals surface area contributed by atoms with Crippen molar-refractivity contribution in [2.24, 2.45) is 0 Å². The van der Waals surface area contributed by atoms with Crippen molar-refractivity contribution < 1.29 is 48.3 Å². The number of aliphatic hydroxyl groups excluding tert-OH is 2. The van der Waals surface area contributed by atoms with E-state index >= 15 is 0 Å². The van der Waals surface area contributed by atoms with Gasteiger partial charge in [0.05, 0.1) is 12.2 Å². The topological polar surface area (TPSA) is 146 Å². The Morgan fingerprint density at radius 1 is 0.289 bits per heavy atom. The summed E-state index contributed by atoms with van der Waals surface area (Å²) in [5.74, 6) is -0.772. The lowest BCUT2D eigenvalue weighted by Crippen LogP contribution is -2.17. The summed E-state index contributed by atoms with van der Waals surface area (Å²) in [6.07, 6.45) is 69.3. The SMILES string of the molecule is CCCCCCC(O)C/C=C\CCCCCCCC(=O)OC(C/C=C\CCCCCCCC(=O)OCOC(=O)CCCCCCC/C=C\CC(CCCCCC)OC(=O)CCCCCCC/C=C/CC(O)CCCCCC)CCCCCC. The van der Waals surface area contributed by atoms with E-state index in [0.29, 0.717) is 25.7 Å². The van der Waals surface area contributed by atoms with Crippen LogP contribution in [0.4, 0.5) is 0 Å². The van der Waals surface area contributed by atoms with Crippen molar-refractivity contribution in [2.45, 2.75) is 386 Å². The predicted octanol–water partition coefficient (Wildman–Crippen LogP) is 21.2. The highest BCUT2D eigenvalue weighted by atomic mass is 16.7. The van der Waals surface area contributed by atoms with Gasteiger partial charge in [0.25, 0.3) is 0 Å². The number of carbonyl (C=O) groups excluding carboxylic acids is 4. The molecule has 0 aromatic rings. The number of ether oxygens (including phenoxy) is 4. The number of hydrogen-bond acceptors (Lipinski definition) is 10. The van der Waals surface area contributed by atoms with Crippen LogP contribution < -0.4 is 0 Å². The highest BCUT2D eigenvalue weighted by Crippen LogP contribution is 2.19. The molecule has 0 aromatic heterocycles. The highest BCUT2D eigenvalue weighted by molar-refractivity contribution is 5.71. The Kier molecular flexibility index (Phi) is 62.2.